The van der Waals surface area contributed by atoms with Crippen molar-refractivity contribution in [3.8, 4) is 11.3 Å². The zero-order valence-corrected chi connectivity index (χ0v) is 10.6. The summed E-state index contributed by atoms with van der Waals surface area (Å²) >= 11 is 11.5. The molecule has 0 unspecified atom stereocenters. The molecule has 0 aliphatic heterocycles. The number of halogens is 4. The Morgan fingerprint density at radius 2 is 1.95 bits per heavy atom. The van der Waals surface area contributed by atoms with Gasteiger partial charge in [0.15, 0.2) is 11.6 Å². The van der Waals surface area contributed by atoms with Gasteiger partial charge in [-0.15, -0.1) is 0 Å². The highest BCUT2D eigenvalue weighted by molar-refractivity contribution is 6.40. The molecule has 1 aromatic heterocycles. The van der Waals surface area contributed by atoms with E-state index < -0.39 is 23.2 Å². The van der Waals surface area contributed by atoms with E-state index in [9.17, 15) is 13.6 Å². The number of hydrogen-bond acceptors (Lipinski definition) is 2. The molecule has 0 aliphatic rings. The molecular formula is C12H5Cl2F2NO2. The summed E-state index contributed by atoms with van der Waals surface area (Å²) in [4.78, 5) is 14.8. The van der Waals surface area contributed by atoms with Crippen molar-refractivity contribution in [3.05, 3.63) is 51.6 Å². The van der Waals surface area contributed by atoms with Crippen LogP contribution in [-0.4, -0.2) is 16.1 Å². The van der Waals surface area contributed by atoms with Gasteiger partial charge in [0.25, 0.3) is 0 Å². The molecule has 1 heterocycles. The molecule has 0 fully saturated rings. The Hall–Kier alpha value is -1.72. The molecule has 0 amide bonds. The fourth-order valence-corrected chi connectivity index (χ4v) is 2.14. The van der Waals surface area contributed by atoms with Gasteiger partial charge < -0.3 is 5.11 Å². The number of carboxylic acids is 1. The first kappa shape index (κ1) is 13.7. The summed E-state index contributed by atoms with van der Waals surface area (Å²) in [7, 11) is 0. The van der Waals surface area contributed by atoms with Gasteiger partial charge >= 0.3 is 5.97 Å². The summed E-state index contributed by atoms with van der Waals surface area (Å²) in [5.74, 6) is -3.62. The molecule has 0 radical (unpaired) electrons. The van der Waals surface area contributed by atoms with Crippen LogP contribution in [0.5, 0.6) is 0 Å². The van der Waals surface area contributed by atoms with Crippen LogP contribution < -0.4 is 0 Å². The molecule has 1 aromatic carbocycles. The predicted octanol–water partition coefficient (Wildman–Crippen LogP) is 4.03. The number of nitrogens with zero attached hydrogens (tertiary/aromatic N) is 1. The van der Waals surface area contributed by atoms with Crippen LogP contribution >= 0.6 is 23.2 Å². The van der Waals surface area contributed by atoms with E-state index >= 15 is 0 Å². The summed E-state index contributed by atoms with van der Waals surface area (Å²) in [5, 5.41) is 8.45. The van der Waals surface area contributed by atoms with Crippen LogP contribution in [0.2, 0.25) is 10.0 Å². The van der Waals surface area contributed by atoms with Gasteiger partial charge in [0.2, 0.25) is 0 Å². The van der Waals surface area contributed by atoms with Crippen LogP contribution in [-0.2, 0) is 0 Å². The first-order valence-corrected chi connectivity index (χ1v) is 5.70. The van der Waals surface area contributed by atoms with Gasteiger partial charge in [0.05, 0.1) is 15.7 Å². The summed E-state index contributed by atoms with van der Waals surface area (Å²) in [6.45, 7) is 0. The van der Waals surface area contributed by atoms with E-state index in [0.717, 1.165) is 12.3 Å². The molecule has 0 saturated heterocycles. The van der Waals surface area contributed by atoms with E-state index in [2.05, 4.69) is 4.98 Å². The lowest BCUT2D eigenvalue weighted by Crippen LogP contribution is -2.02. The summed E-state index contributed by atoms with van der Waals surface area (Å²) in [6, 6.07) is 3.44. The number of hydrogen-bond donors (Lipinski definition) is 1. The molecule has 7 heteroatoms. The van der Waals surface area contributed by atoms with E-state index in [1.54, 1.807) is 0 Å². The van der Waals surface area contributed by atoms with E-state index in [1.165, 1.54) is 12.1 Å². The molecule has 0 aliphatic carbocycles. The number of rotatable bonds is 2. The van der Waals surface area contributed by atoms with Gasteiger partial charge in [0.1, 0.15) is 5.56 Å². The average Bonchev–Trinajstić information content (AvgIpc) is 2.33. The largest absolute Gasteiger partial charge is 0.478 e. The highest BCUT2D eigenvalue weighted by Crippen LogP contribution is 2.34. The quantitative estimate of drug-likeness (QED) is 0.911. The monoisotopic (exact) mass is 303 g/mol. The van der Waals surface area contributed by atoms with Crippen molar-refractivity contribution in [3.63, 3.8) is 0 Å². The smallest absolute Gasteiger partial charge is 0.338 e. The number of pyridine rings is 1. The maximum atomic E-state index is 13.6. The van der Waals surface area contributed by atoms with Crippen molar-refractivity contribution in [2.45, 2.75) is 0 Å². The molecule has 19 heavy (non-hydrogen) atoms. The lowest BCUT2D eigenvalue weighted by Gasteiger charge is -2.09. The van der Waals surface area contributed by atoms with Crippen molar-refractivity contribution in [1.82, 2.24) is 4.98 Å². The highest BCUT2D eigenvalue weighted by Gasteiger charge is 2.21. The predicted molar refractivity (Wildman–Crippen MR) is 66.6 cm³/mol. The van der Waals surface area contributed by atoms with E-state index in [4.69, 9.17) is 28.3 Å². The van der Waals surface area contributed by atoms with Crippen molar-refractivity contribution < 1.29 is 18.7 Å². The fraction of sp³-hybridized carbons (Fsp3) is 0. The fourth-order valence-electron chi connectivity index (χ4n) is 1.54. The standard InChI is InChI=1S/C12H5Cl2F2NO2/c13-6-4-17-11(9(14)8(6)12(18)19)5-2-1-3-7(15)10(5)16/h1-4H,(H,18,19). The molecule has 0 atom stereocenters. The van der Waals surface area contributed by atoms with Gasteiger partial charge in [-0.25, -0.2) is 13.6 Å². The van der Waals surface area contributed by atoms with Crippen molar-refractivity contribution in [1.29, 1.82) is 0 Å². The Balaban J connectivity index is 2.74. The Kier molecular flexibility index (Phi) is 3.68. The molecular weight excluding hydrogens is 299 g/mol. The molecule has 1 N–H and O–H groups in total. The number of aromatic carboxylic acids is 1. The topological polar surface area (TPSA) is 50.2 Å². The highest BCUT2D eigenvalue weighted by atomic mass is 35.5. The van der Waals surface area contributed by atoms with Crippen LogP contribution in [0.4, 0.5) is 8.78 Å². The number of aromatic nitrogens is 1. The van der Waals surface area contributed by atoms with Crippen molar-refractivity contribution in [2.24, 2.45) is 0 Å². The van der Waals surface area contributed by atoms with E-state index in [1.807, 2.05) is 0 Å². The molecule has 98 valence electrons. The number of carbonyl (C=O) groups is 1. The molecule has 2 rings (SSSR count). The Labute approximate surface area is 116 Å². The summed E-state index contributed by atoms with van der Waals surface area (Å²) in [5.41, 5.74) is -0.818. The Morgan fingerprint density at radius 3 is 2.58 bits per heavy atom. The van der Waals surface area contributed by atoms with Gasteiger partial charge in [0, 0.05) is 11.8 Å². The van der Waals surface area contributed by atoms with Crippen LogP contribution in [0.25, 0.3) is 11.3 Å². The molecule has 0 saturated carbocycles. The minimum atomic E-state index is -1.38. The van der Waals surface area contributed by atoms with Crippen LogP contribution in [0.1, 0.15) is 10.4 Å². The van der Waals surface area contributed by atoms with Gasteiger partial charge in [-0.05, 0) is 12.1 Å². The van der Waals surface area contributed by atoms with Crippen LogP contribution in [0, 0.1) is 11.6 Å². The Morgan fingerprint density at radius 1 is 1.26 bits per heavy atom. The van der Waals surface area contributed by atoms with E-state index in [0.29, 0.717) is 0 Å². The summed E-state index contributed by atoms with van der Waals surface area (Å²) in [6.07, 6.45) is 1.02. The average molecular weight is 304 g/mol. The van der Waals surface area contributed by atoms with Crippen LogP contribution in [0.3, 0.4) is 0 Å². The number of carboxylic acid groups (broad SMARTS) is 1. The normalized spacial score (nSPS) is 10.5. The zero-order valence-electron chi connectivity index (χ0n) is 9.12. The summed E-state index contributed by atoms with van der Waals surface area (Å²) < 4.78 is 26.8. The second-order valence-electron chi connectivity index (χ2n) is 3.55. The minimum Gasteiger partial charge on any atom is -0.478 e. The first-order chi connectivity index (χ1) is 8.93. The maximum absolute atomic E-state index is 13.6. The Bertz CT molecular complexity index is 677. The molecule has 2 aromatic rings. The maximum Gasteiger partial charge on any atom is 0.338 e. The lowest BCUT2D eigenvalue weighted by molar-refractivity contribution is 0.0697. The second-order valence-corrected chi connectivity index (χ2v) is 4.34. The number of benzene rings is 1. The van der Waals surface area contributed by atoms with Crippen LogP contribution in [0.15, 0.2) is 24.4 Å². The van der Waals surface area contributed by atoms with Gasteiger partial charge in [-0.2, -0.15) is 0 Å². The molecule has 3 nitrogen and oxygen atoms in total. The van der Waals surface area contributed by atoms with Crippen molar-refractivity contribution in [2.75, 3.05) is 0 Å². The van der Waals surface area contributed by atoms with Crippen molar-refractivity contribution >= 4 is 29.2 Å². The third-order valence-electron chi connectivity index (χ3n) is 2.39. The van der Waals surface area contributed by atoms with E-state index in [-0.39, 0.29) is 21.3 Å². The van der Waals surface area contributed by atoms with Gasteiger partial charge in [-0.1, -0.05) is 29.3 Å². The molecule has 0 spiro atoms. The molecule has 0 bridgehead atoms. The first-order valence-electron chi connectivity index (χ1n) is 4.95. The third kappa shape index (κ3) is 2.39. The second kappa shape index (κ2) is 5.11. The lowest BCUT2D eigenvalue weighted by atomic mass is 10.1. The van der Waals surface area contributed by atoms with Gasteiger partial charge in [-0.3, -0.25) is 4.98 Å². The minimum absolute atomic E-state index is 0.180. The zero-order chi connectivity index (χ0) is 14.2. The SMILES string of the molecule is O=C(O)c1c(Cl)cnc(-c2cccc(F)c2F)c1Cl. The third-order valence-corrected chi connectivity index (χ3v) is 3.05.